The Balaban J connectivity index is 2.07. The molecule has 4 nitrogen and oxygen atoms in total. The number of allylic oxidation sites excluding steroid dienone is 3. The topological polar surface area (TPSA) is 50.9 Å². The van der Waals surface area contributed by atoms with Crippen LogP contribution in [0.1, 0.15) is 45.7 Å². The highest BCUT2D eigenvalue weighted by molar-refractivity contribution is 5.14. The van der Waals surface area contributed by atoms with E-state index in [1.165, 1.54) is 11.1 Å². The lowest BCUT2D eigenvalue weighted by molar-refractivity contribution is 0.0687. The van der Waals surface area contributed by atoms with Crippen LogP contribution in [0.15, 0.2) is 30.0 Å². The summed E-state index contributed by atoms with van der Waals surface area (Å²) in [6.45, 7) is 10.4. The van der Waals surface area contributed by atoms with Gasteiger partial charge in [-0.15, -0.1) is 5.10 Å². The first-order valence-electron chi connectivity index (χ1n) is 6.82. The summed E-state index contributed by atoms with van der Waals surface area (Å²) in [7, 11) is 0. The summed E-state index contributed by atoms with van der Waals surface area (Å²) in [4.78, 5) is 0. The first-order valence-corrected chi connectivity index (χ1v) is 6.82. The Labute approximate surface area is 114 Å². The van der Waals surface area contributed by atoms with E-state index >= 15 is 0 Å². The van der Waals surface area contributed by atoms with Crippen molar-refractivity contribution in [3.63, 3.8) is 0 Å². The lowest BCUT2D eigenvalue weighted by Gasteiger charge is -2.23. The molecule has 0 saturated heterocycles. The Morgan fingerprint density at radius 2 is 2.32 bits per heavy atom. The highest BCUT2D eigenvalue weighted by Crippen LogP contribution is 2.29. The van der Waals surface area contributed by atoms with Crippen molar-refractivity contribution in [3.8, 4) is 0 Å². The summed E-state index contributed by atoms with van der Waals surface area (Å²) in [5.41, 5.74) is 2.50. The van der Waals surface area contributed by atoms with Gasteiger partial charge in [-0.05, 0) is 46.0 Å². The molecule has 0 radical (unpaired) electrons. The van der Waals surface area contributed by atoms with Crippen molar-refractivity contribution in [1.82, 2.24) is 15.0 Å². The molecule has 1 aliphatic carbocycles. The fourth-order valence-corrected chi connectivity index (χ4v) is 2.52. The fraction of sp³-hybridized carbons (Fsp3) is 0.600. The zero-order valence-corrected chi connectivity index (χ0v) is 12.1. The maximum atomic E-state index is 10.1. The van der Waals surface area contributed by atoms with Crippen molar-refractivity contribution < 1.29 is 5.11 Å². The molecule has 19 heavy (non-hydrogen) atoms. The summed E-state index contributed by atoms with van der Waals surface area (Å²) in [5.74, 6) is 0.619. The predicted molar refractivity (Wildman–Crippen MR) is 75.5 cm³/mol. The summed E-state index contributed by atoms with van der Waals surface area (Å²) >= 11 is 0. The SMILES string of the molecule is C=C(C)[C@H]1CC=C(Cn2nncc2C(C)(C)O)CC1. The standard InChI is InChI=1S/C15H23N3O/c1-11(2)13-7-5-12(6-8-13)10-18-14(9-16-17-18)15(3,4)19/h5,9,13,19H,1,6-8,10H2,2-4H3/t13-/m0/s1. The van der Waals surface area contributed by atoms with Gasteiger partial charge in [0.1, 0.15) is 5.60 Å². The Bertz CT molecular complexity index is 494. The fourth-order valence-electron chi connectivity index (χ4n) is 2.52. The Kier molecular flexibility index (Phi) is 3.90. The first-order chi connectivity index (χ1) is 8.88. The predicted octanol–water partition coefficient (Wildman–Crippen LogP) is 2.81. The van der Waals surface area contributed by atoms with E-state index in [0.717, 1.165) is 31.5 Å². The van der Waals surface area contributed by atoms with Crippen molar-refractivity contribution in [2.45, 2.75) is 52.2 Å². The van der Waals surface area contributed by atoms with E-state index in [0.29, 0.717) is 5.92 Å². The number of aliphatic hydroxyl groups is 1. The first kappa shape index (κ1) is 14.0. The third kappa shape index (κ3) is 3.32. The van der Waals surface area contributed by atoms with Gasteiger partial charge in [-0.3, -0.25) is 0 Å². The minimum absolute atomic E-state index is 0.619. The lowest BCUT2D eigenvalue weighted by Crippen LogP contribution is -2.22. The molecule has 1 atom stereocenters. The smallest absolute Gasteiger partial charge is 0.102 e. The van der Waals surface area contributed by atoms with Crippen LogP contribution in [0.3, 0.4) is 0 Å². The van der Waals surface area contributed by atoms with Crippen LogP contribution >= 0.6 is 0 Å². The third-order valence-corrected chi connectivity index (χ3v) is 3.80. The van der Waals surface area contributed by atoms with Crippen LogP contribution in [-0.2, 0) is 12.1 Å². The van der Waals surface area contributed by atoms with Crippen LogP contribution in [0.2, 0.25) is 0 Å². The second kappa shape index (κ2) is 5.29. The number of nitrogens with zero attached hydrogens (tertiary/aromatic N) is 3. The molecule has 1 aliphatic rings. The van der Waals surface area contributed by atoms with Crippen LogP contribution in [0.25, 0.3) is 0 Å². The largest absolute Gasteiger partial charge is 0.384 e. The minimum Gasteiger partial charge on any atom is -0.384 e. The van der Waals surface area contributed by atoms with Gasteiger partial charge in [0.05, 0.1) is 18.4 Å². The highest BCUT2D eigenvalue weighted by Gasteiger charge is 2.23. The summed E-state index contributed by atoms with van der Waals surface area (Å²) in [6.07, 6.45) is 7.23. The van der Waals surface area contributed by atoms with Crippen molar-refractivity contribution in [2.75, 3.05) is 0 Å². The van der Waals surface area contributed by atoms with Gasteiger partial charge in [0, 0.05) is 0 Å². The quantitative estimate of drug-likeness (QED) is 0.848. The zero-order valence-electron chi connectivity index (χ0n) is 12.1. The van der Waals surface area contributed by atoms with Gasteiger partial charge in [-0.2, -0.15) is 0 Å². The van der Waals surface area contributed by atoms with E-state index in [1.807, 2.05) is 0 Å². The Morgan fingerprint density at radius 3 is 2.84 bits per heavy atom. The Hall–Kier alpha value is -1.42. The lowest BCUT2D eigenvalue weighted by atomic mass is 9.85. The molecule has 1 aromatic heterocycles. The third-order valence-electron chi connectivity index (χ3n) is 3.80. The van der Waals surface area contributed by atoms with Gasteiger partial charge in [0.25, 0.3) is 0 Å². The molecule has 0 unspecified atom stereocenters. The normalized spacial score (nSPS) is 20.2. The average Bonchev–Trinajstić information content (AvgIpc) is 2.77. The minimum atomic E-state index is -0.904. The van der Waals surface area contributed by atoms with Gasteiger partial charge in [-0.1, -0.05) is 29.0 Å². The maximum Gasteiger partial charge on any atom is 0.102 e. The van der Waals surface area contributed by atoms with Gasteiger partial charge in [0.2, 0.25) is 0 Å². The van der Waals surface area contributed by atoms with Crippen molar-refractivity contribution in [1.29, 1.82) is 0 Å². The molecule has 0 saturated carbocycles. The highest BCUT2D eigenvalue weighted by atomic mass is 16.3. The van der Waals surface area contributed by atoms with Crippen LogP contribution in [-0.4, -0.2) is 20.1 Å². The zero-order chi connectivity index (χ0) is 14.0. The monoisotopic (exact) mass is 261 g/mol. The van der Waals surface area contributed by atoms with Crippen LogP contribution in [0.5, 0.6) is 0 Å². The van der Waals surface area contributed by atoms with Gasteiger partial charge in [-0.25, -0.2) is 4.68 Å². The number of aromatic nitrogens is 3. The molecule has 1 aromatic rings. The van der Waals surface area contributed by atoms with E-state index in [1.54, 1.807) is 24.7 Å². The number of hydrogen-bond acceptors (Lipinski definition) is 3. The van der Waals surface area contributed by atoms with E-state index in [9.17, 15) is 5.11 Å². The molecular weight excluding hydrogens is 238 g/mol. The van der Waals surface area contributed by atoms with E-state index in [2.05, 4.69) is 29.9 Å². The molecule has 0 aliphatic heterocycles. The molecule has 2 rings (SSSR count). The molecule has 0 bridgehead atoms. The van der Waals surface area contributed by atoms with Crippen LogP contribution in [0, 0.1) is 5.92 Å². The molecule has 0 fully saturated rings. The van der Waals surface area contributed by atoms with Crippen LogP contribution < -0.4 is 0 Å². The van der Waals surface area contributed by atoms with Gasteiger partial charge < -0.3 is 5.11 Å². The molecule has 1 heterocycles. The second-order valence-corrected chi connectivity index (χ2v) is 6.02. The number of hydrogen-bond donors (Lipinski definition) is 1. The maximum absolute atomic E-state index is 10.1. The Morgan fingerprint density at radius 1 is 1.58 bits per heavy atom. The molecule has 0 aromatic carbocycles. The van der Waals surface area contributed by atoms with Crippen LogP contribution in [0.4, 0.5) is 0 Å². The summed E-state index contributed by atoms with van der Waals surface area (Å²) < 4.78 is 1.80. The van der Waals surface area contributed by atoms with Gasteiger partial charge >= 0.3 is 0 Å². The molecule has 104 valence electrons. The molecular formula is C15H23N3O. The van der Waals surface area contributed by atoms with Gasteiger partial charge in [0.15, 0.2) is 0 Å². The summed E-state index contributed by atoms with van der Waals surface area (Å²) in [5, 5.41) is 18.1. The second-order valence-electron chi connectivity index (χ2n) is 6.02. The molecule has 1 N–H and O–H groups in total. The van der Waals surface area contributed by atoms with Crippen molar-refractivity contribution in [3.05, 3.63) is 35.7 Å². The summed E-state index contributed by atoms with van der Waals surface area (Å²) in [6, 6.07) is 0. The molecule has 0 spiro atoms. The van der Waals surface area contributed by atoms with Crippen molar-refractivity contribution in [2.24, 2.45) is 5.92 Å². The van der Waals surface area contributed by atoms with E-state index in [4.69, 9.17) is 0 Å². The van der Waals surface area contributed by atoms with Crippen molar-refractivity contribution >= 4 is 0 Å². The average molecular weight is 261 g/mol. The van der Waals surface area contributed by atoms with E-state index in [-0.39, 0.29) is 0 Å². The number of rotatable bonds is 4. The van der Waals surface area contributed by atoms with E-state index < -0.39 is 5.60 Å². The molecule has 0 amide bonds. The molecule has 4 heteroatoms.